The zero-order valence-electron chi connectivity index (χ0n) is 21.9. The molecule has 0 saturated carbocycles. The van der Waals surface area contributed by atoms with E-state index in [4.69, 9.17) is 4.74 Å². The van der Waals surface area contributed by atoms with Gasteiger partial charge in [-0.1, -0.05) is 101 Å². The lowest BCUT2D eigenvalue weighted by atomic mass is 10.0. The van der Waals surface area contributed by atoms with Crippen LogP contribution in [-0.2, 0) is 12.8 Å². The number of methoxy groups -OCH3 is 1. The number of unbranched alkanes of at least 4 members (excludes halogenated alkanes) is 6. The molecule has 0 spiro atoms. The molecule has 0 aliphatic rings. The van der Waals surface area contributed by atoms with E-state index in [1.54, 1.807) is 13.2 Å². The minimum absolute atomic E-state index is 0.348. The van der Waals surface area contributed by atoms with Crippen LogP contribution in [0.25, 0.3) is 21.5 Å². The molecular formula is C33H42O2. The van der Waals surface area contributed by atoms with Crippen LogP contribution in [0.5, 0.6) is 11.5 Å². The van der Waals surface area contributed by atoms with Crippen LogP contribution in [0, 0.1) is 0 Å². The first-order chi connectivity index (χ1) is 17.1. The summed E-state index contributed by atoms with van der Waals surface area (Å²) in [7, 11) is 1.72. The van der Waals surface area contributed by atoms with Crippen molar-refractivity contribution >= 4 is 21.5 Å². The Labute approximate surface area is 212 Å². The fourth-order valence-corrected chi connectivity index (χ4v) is 4.51. The molecule has 4 aromatic carbocycles. The maximum absolute atomic E-state index is 9.47. The van der Waals surface area contributed by atoms with Crippen LogP contribution in [-0.4, -0.2) is 12.2 Å². The highest BCUT2D eigenvalue weighted by Crippen LogP contribution is 2.23. The van der Waals surface area contributed by atoms with Gasteiger partial charge < -0.3 is 9.84 Å². The standard InChI is InChI=1S/C17H22O.C16H20O/c1-3-4-5-6-7-14-8-9-15-10-11-17(18-2)13-16(15)12-14;1-2-3-4-5-6-13-7-8-14-9-10-16(17)12-15(14)11-13/h8-13H,3-7H2,1-2H3;7-12,17H,2-6H2,1H3. The van der Waals surface area contributed by atoms with Gasteiger partial charge in [-0.05, 0) is 82.6 Å². The molecule has 0 bridgehead atoms. The fourth-order valence-electron chi connectivity index (χ4n) is 4.51. The number of rotatable bonds is 11. The SMILES string of the molecule is CCCCCCc1ccc2ccc(O)cc2c1.CCCCCCc1ccc2ccc(OC)cc2c1. The minimum atomic E-state index is 0.348. The Hall–Kier alpha value is -3.00. The second kappa shape index (κ2) is 14.4. The largest absolute Gasteiger partial charge is 0.508 e. The van der Waals surface area contributed by atoms with Crippen LogP contribution in [0.4, 0.5) is 0 Å². The second-order valence-corrected chi connectivity index (χ2v) is 9.53. The molecule has 4 rings (SSSR count). The zero-order valence-corrected chi connectivity index (χ0v) is 21.9. The molecule has 2 nitrogen and oxygen atoms in total. The molecule has 0 aliphatic heterocycles. The van der Waals surface area contributed by atoms with Gasteiger partial charge in [0, 0.05) is 0 Å². The number of ether oxygens (including phenoxy) is 1. The van der Waals surface area contributed by atoms with E-state index in [0.29, 0.717) is 5.75 Å². The molecule has 35 heavy (non-hydrogen) atoms. The molecule has 0 heterocycles. The molecule has 0 unspecified atom stereocenters. The summed E-state index contributed by atoms with van der Waals surface area (Å²) in [6.07, 6.45) is 12.8. The molecule has 1 N–H and O–H groups in total. The number of aryl methyl sites for hydroxylation is 2. The van der Waals surface area contributed by atoms with Crippen LogP contribution < -0.4 is 4.74 Å². The van der Waals surface area contributed by atoms with E-state index in [0.717, 1.165) is 17.6 Å². The number of fused-ring (bicyclic) bond motifs is 2. The van der Waals surface area contributed by atoms with Gasteiger partial charge in [0.15, 0.2) is 0 Å². The predicted octanol–water partition coefficient (Wildman–Crippen LogP) is 9.64. The summed E-state index contributed by atoms with van der Waals surface area (Å²) >= 11 is 0. The third kappa shape index (κ3) is 8.62. The van der Waals surface area contributed by atoms with Crippen molar-refractivity contribution in [3.63, 3.8) is 0 Å². The van der Waals surface area contributed by atoms with Crippen molar-refractivity contribution in [2.45, 2.75) is 78.1 Å². The molecule has 0 amide bonds. The second-order valence-electron chi connectivity index (χ2n) is 9.53. The maximum Gasteiger partial charge on any atom is 0.119 e. The highest BCUT2D eigenvalue weighted by Gasteiger charge is 2.00. The van der Waals surface area contributed by atoms with Crippen molar-refractivity contribution < 1.29 is 9.84 Å². The van der Waals surface area contributed by atoms with E-state index in [9.17, 15) is 5.11 Å². The third-order valence-electron chi connectivity index (χ3n) is 6.64. The van der Waals surface area contributed by atoms with Gasteiger partial charge in [0.2, 0.25) is 0 Å². The van der Waals surface area contributed by atoms with Crippen molar-refractivity contribution in [3.05, 3.63) is 83.9 Å². The number of phenolic OH excluding ortho intramolecular Hbond substituents is 1. The fraction of sp³-hybridized carbons (Fsp3) is 0.394. The summed E-state index contributed by atoms with van der Waals surface area (Å²) in [4.78, 5) is 0. The quantitative estimate of drug-likeness (QED) is 0.221. The minimum Gasteiger partial charge on any atom is -0.508 e. The number of aromatic hydroxyl groups is 1. The highest BCUT2D eigenvalue weighted by atomic mass is 16.5. The van der Waals surface area contributed by atoms with Crippen molar-refractivity contribution in [1.82, 2.24) is 0 Å². The number of phenols is 1. The van der Waals surface area contributed by atoms with Crippen molar-refractivity contribution in [1.29, 1.82) is 0 Å². The van der Waals surface area contributed by atoms with E-state index in [1.807, 2.05) is 18.2 Å². The summed E-state index contributed by atoms with van der Waals surface area (Å²) in [6, 6.07) is 25.1. The molecule has 0 fully saturated rings. The molecule has 4 aromatic rings. The zero-order chi connectivity index (χ0) is 24.9. The Morgan fingerprint density at radius 1 is 0.543 bits per heavy atom. The molecule has 0 aliphatic carbocycles. The summed E-state index contributed by atoms with van der Waals surface area (Å²) in [6.45, 7) is 4.49. The van der Waals surface area contributed by atoms with Crippen molar-refractivity contribution in [2.24, 2.45) is 0 Å². The maximum atomic E-state index is 9.47. The number of benzene rings is 4. The van der Waals surface area contributed by atoms with Gasteiger partial charge in [-0.25, -0.2) is 0 Å². The van der Waals surface area contributed by atoms with Gasteiger partial charge in [-0.2, -0.15) is 0 Å². The predicted molar refractivity (Wildman–Crippen MR) is 152 cm³/mol. The molecule has 0 saturated heterocycles. The van der Waals surface area contributed by atoms with E-state index < -0.39 is 0 Å². The molecule has 186 valence electrons. The summed E-state index contributed by atoms with van der Waals surface area (Å²) in [5.74, 6) is 1.28. The van der Waals surface area contributed by atoms with Crippen molar-refractivity contribution in [2.75, 3.05) is 7.11 Å². The van der Waals surface area contributed by atoms with Crippen LogP contribution in [0.2, 0.25) is 0 Å². The van der Waals surface area contributed by atoms with Crippen LogP contribution in [0.3, 0.4) is 0 Å². The van der Waals surface area contributed by atoms with Gasteiger partial charge in [0.1, 0.15) is 11.5 Å². The Morgan fingerprint density at radius 2 is 1.06 bits per heavy atom. The topological polar surface area (TPSA) is 29.5 Å². The lowest BCUT2D eigenvalue weighted by Gasteiger charge is -2.06. The summed E-state index contributed by atoms with van der Waals surface area (Å²) in [5, 5.41) is 14.4. The van der Waals surface area contributed by atoms with E-state index in [1.165, 1.54) is 85.1 Å². The van der Waals surface area contributed by atoms with Gasteiger partial charge in [-0.3, -0.25) is 0 Å². The lowest BCUT2D eigenvalue weighted by Crippen LogP contribution is -1.87. The summed E-state index contributed by atoms with van der Waals surface area (Å²) < 4.78 is 5.28. The first-order valence-electron chi connectivity index (χ1n) is 13.4. The van der Waals surface area contributed by atoms with Crippen LogP contribution in [0.15, 0.2) is 72.8 Å². The van der Waals surface area contributed by atoms with Gasteiger partial charge >= 0.3 is 0 Å². The average Bonchev–Trinajstić information content (AvgIpc) is 2.89. The number of hydrogen-bond acceptors (Lipinski definition) is 2. The first kappa shape index (κ1) is 26.6. The van der Waals surface area contributed by atoms with E-state index in [2.05, 4.69) is 62.4 Å². The van der Waals surface area contributed by atoms with E-state index >= 15 is 0 Å². The molecule has 0 radical (unpaired) electrons. The first-order valence-corrected chi connectivity index (χ1v) is 13.4. The van der Waals surface area contributed by atoms with Gasteiger partial charge in [0.05, 0.1) is 7.11 Å². The number of hydrogen-bond donors (Lipinski definition) is 1. The molecule has 2 heteroatoms. The lowest BCUT2D eigenvalue weighted by molar-refractivity contribution is 0.415. The smallest absolute Gasteiger partial charge is 0.119 e. The van der Waals surface area contributed by atoms with Gasteiger partial charge in [0.25, 0.3) is 0 Å². The molecule has 0 atom stereocenters. The monoisotopic (exact) mass is 470 g/mol. The summed E-state index contributed by atoms with van der Waals surface area (Å²) in [5.41, 5.74) is 2.81. The Morgan fingerprint density at radius 3 is 1.60 bits per heavy atom. The Bertz CT molecular complexity index is 1180. The van der Waals surface area contributed by atoms with Gasteiger partial charge in [-0.15, -0.1) is 0 Å². The Kier molecular flexibility index (Phi) is 11.0. The highest BCUT2D eigenvalue weighted by molar-refractivity contribution is 5.85. The van der Waals surface area contributed by atoms with Crippen molar-refractivity contribution in [3.8, 4) is 11.5 Å². The average molecular weight is 471 g/mol. The Balaban J connectivity index is 0.000000196. The third-order valence-corrected chi connectivity index (χ3v) is 6.64. The molecule has 0 aromatic heterocycles. The van der Waals surface area contributed by atoms with Crippen LogP contribution in [0.1, 0.15) is 76.3 Å². The van der Waals surface area contributed by atoms with E-state index in [-0.39, 0.29) is 0 Å². The molecular weight excluding hydrogens is 428 g/mol. The normalized spacial score (nSPS) is 10.8. The van der Waals surface area contributed by atoms with Crippen LogP contribution >= 0.6 is 0 Å².